The molecule has 8 heteroatoms. The summed E-state index contributed by atoms with van der Waals surface area (Å²) in [6.45, 7) is 6.82. The summed E-state index contributed by atoms with van der Waals surface area (Å²) in [6, 6.07) is 7.84. The number of benzene rings is 1. The Kier molecular flexibility index (Phi) is 5.40. The van der Waals surface area contributed by atoms with E-state index in [-0.39, 0.29) is 12.2 Å². The predicted octanol–water partition coefficient (Wildman–Crippen LogP) is 2.66. The van der Waals surface area contributed by atoms with Crippen LogP contribution in [0.2, 0.25) is 0 Å². The molecule has 148 valence electrons. The van der Waals surface area contributed by atoms with Crippen molar-refractivity contribution < 1.29 is 14.2 Å². The fraction of sp³-hybridized carbons (Fsp3) is 0.450. The lowest BCUT2D eigenvalue weighted by Gasteiger charge is -2.36. The van der Waals surface area contributed by atoms with Crippen molar-refractivity contribution in [1.82, 2.24) is 20.2 Å². The number of rotatable bonds is 6. The van der Waals surface area contributed by atoms with E-state index in [1.54, 1.807) is 13.4 Å². The van der Waals surface area contributed by atoms with E-state index in [1.807, 2.05) is 24.3 Å². The normalized spacial score (nSPS) is 19.9. The number of hydrogen-bond acceptors (Lipinski definition) is 7. The largest absolute Gasteiger partial charge is 0.491 e. The summed E-state index contributed by atoms with van der Waals surface area (Å²) in [5.41, 5.74) is 2.49. The third kappa shape index (κ3) is 3.93. The molecule has 0 aliphatic carbocycles. The van der Waals surface area contributed by atoms with E-state index < -0.39 is 0 Å². The number of nitrogens with zero attached hydrogens (tertiary/aromatic N) is 4. The lowest BCUT2D eigenvalue weighted by Crippen LogP contribution is -2.45. The Morgan fingerprint density at radius 2 is 1.96 bits per heavy atom. The van der Waals surface area contributed by atoms with Gasteiger partial charge in [0, 0.05) is 31.7 Å². The molecule has 1 fully saturated rings. The van der Waals surface area contributed by atoms with E-state index in [0.29, 0.717) is 13.2 Å². The molecule has 1 saturated heterocycles. The van der Waals surface area contributed by atoms with E-state index >= 15 is 0 Å². The molecule has 0 saturated carbocycles. The summed E-state index contributed by atoms with van der Waals surface area (Å²) in [7, 11) is 1.66. The molecule has 0 radical (unpaired) electrons. The molecular weight excluding hydrogens is 358 g/mol. The molecule has 2 atom stereocenters. The number of H-pyrrole nitrogens is 1. The second-order valence-corrected chi connectivity index (χ2v) is 7.04. The van der Waals surface area contributed by atoms with Gasteiger partial charge in [-0.2, -0.15) is 5.10 Å². The Balaban J connectivity index is 1.63. The van der Waals surface area contributed by atoms with Gasteiger partial charge < -0.3 is 19.1 Å². The van der Waals surface area contributed by atoms with Crippen LogP contribution in [0.15, 0.2) is 30.6 Å². The first-order chi connectivity index (χ1) is 13.6. The maximum absolute atomic E-state index is 5.83. The standard InChI is InChI=1S/C20H25N5O3/c1-13-10-25(11-14(2)28-13)19-9-18(21-12-22-19)20-16-8-15(27-7-6-26-3)4-5-17(16)23-24-20/h4-5,8-9,12-14H,6-7,10-11H2,1-3H3,(H,23,24). The highest BCUT2D eigenvalue weighted by Gasteiger charge is 2.24. The third-order valence-corrected chi connectivity index (χ3v) is 4.73. The number of nitrogens with one attached hydrogen (secondary N) is 1. The maximum Gasteiger partial charge on any atom is 0.132 e. The van der Waals surface area contributed by atoms with Gasteiger partial charge in [0.05, 0.1) is 30.0 Å². The first-order valence-electron chi connectivity index (χ1n) is 9.46. The van der Waals surface area contributed by atoms with Crippen molar-refractivity contribution in [1.29, 1.82) is 0 Å². The van der Waals surface area contributed by atoms with Crippen molar-refractivity contribution in [3.63, 3.8) is 0 Å². The summed E-state index contributed by atoms with van der Waals surface area (Å²) in [6.07, 6.45) is 1.93. The monoisotopic (exact) mass is 383 g/mol. The van der Waals surface area contributed by atoms with Gasteiger partial charge in [-0.3, -0.25) is 5.10 Å². The van der Waals surface area contributed by atoms with E-state index in [4.69, 9.17) is 14.2 Å². The zero-order valence-corrected chi connectivity index (χ0v) is 16.4. The van der Waals surface area contributed by atoms with Crippen LogP contribution in [-0.4, -0.2) is 65.8 Å². The van der Waals surface area contributed by atoms with Crippen LogP contribution in [0.5, 0.6) is 5.75 Å². The number of aromatic amines is 1. The van der Waals surface area contributed by atoms with Crippen LogP contribution < -0.4 is 9.64 Å². The molecule has 3 heterocycles. The van der Waals surface area contributed by atoms with Crippen molar-refractivity contribution >= 4 is 16.7 Å². The quantitative estimate of drug-likeness (QED) is 0.655. The lowest BCUT2D eigenvalue weighted by molar-refractivity contribution is -0.00546. The molecular formula is C20H25N5O3. The molecule has 3 aromatic rings. The Morgan fingerprint density at radius 3 is 2.75 bits per heavy atom. The summed E-state index contributed by atoms with van der Waals surface area (Å²) in [4.78, 5) is 11.2. The third-order valence-electron chi connectivity index (χ3n) is 4.73. The van der Waals surface area contributed by atoms with Crippen LogP contribution in [0.3, 0.4) is 0 Å². The number of aromatic nitrogens is 4. The molecule has 0 amide bonds. The fourth-order valence-electron chi connectivity index (χ4n) is 3.54. The van der Waals surface area contributed by atoms with E-state index in [2.05, 4.69) is 38.9 Å². The summed E-state index contributed by atoms with van der Waals surface area (Å²) < 4.78 is 16.6. The number of morpholine rings is 1. The van der Waals surface area contributed by atoms with Crippen LogP contribution in [0.4, 0.5) is 5.82 Å². The molecule has 0 bridgehead atoms. The average molecular weight is 383 g/mol. The van der Waals surface area contributed by atoms with Crippen molar-refractivity contribution in [2.24, 2.45) is 0 Å². The summed E-state index contributed by atoms with van der Waals surface area (Å²) >= 11 is 0. The average Bonchev–Trinajstić information content (AvgIpc) is 3.11. The second kappa shape index (κ2) is 8.12. The summed E-state index contributed by atoms with van der Waals surface area (Å²) in [5.74, 6) is 1.66. The number of ether oxygens (including phenoxy) is 3. The van der Waals surface area contributed by atoms with Crippen LogP contribution in [0.25, 0.3) is 22.3 Å². The smallest absolute Gasteiger partial charge is 0.132 e. The van der Waals surface area contributed by atoms with Crippen molar-refractivity contribution in [2.75, 3.05) is 38.3 Å². The minimum absolute atomic E-state index is 0.167. The van der Waals surface area contributed by atoms with Crippen LogP contribution in [0, 0.1) is 0 Å². The van der Waals surface area contributed by atoms with Gasteiger partial charge in [-0.25, -0.2) is 9.97 Å². The molecule has 2 unspecified atom stereocenters. The van der Waals surface area contributed by atoms with Gasteiger partial charge in [0.25, 0.3) is 0 Å². The first-order valence-corrected chi connectivity index (χ1v) is 9.46. The van der Waals surface area contributed by atoms with E-state index in [9.17, 15) is 0 Å². The van der Waals surface area contributed by atoms with Gasteiger partial charge in [-0.15, -0.1) is 0 Å². The van der Waals surface area contributed by atoms with Gasteiger partial charge >= 0.3 is 0 Å². The SMILES string of the molecule is COCCOc1ccc2[nH]nc(-c3cc(N4CC(C)OC(C)C4)ncn3)c2c1. The number of anilines is 1. The lowest BCUT2D eigenvalue weighted by atomic mass is 10.1. The number of hydrogen-bond donors (Lipinski definition) is 1. The topological polar surface area (TPSA) is 85.4 Å². The van der Waals surface area contributed by atoms with Crippen molar-refractivity contribution in [2.45, 2.75) is 26.1 Å². The zero-order chi connectivity index (χ0) is 19.5. The first kappa shape index (κ1) is 18.6. The predicted molar refractivity (Wildman–Crippen MR) is 107 cm³/mol. The van der Waals surface area contributed by atoms with Gasteiger partial charge in [0.15, 0.2) is 0 Å². The Labute approximate surface area is 163 Å². The maximum atomic E-state index is 5.83. The van der Waals surface area contributed by atoms with E-state index in [1.165, 1.54) is 0 Å². The highest BCUT2D eigenvalue weighted by atomic mass is 16.5. The molecule has 1 aromatic carbocycles. The molecule has 0 spiro atoms. The van der Waals surface area contributed by atoms with Crippen molar-refractivity contribution in [3.05, 3.63) is 30.6 Å². The molecule has 8 nitrogen and oxygen atoms in total. The van der Waals surface area contributed by atoms with Gasteiger partial charge in [-0.1, -0.05) is 0 Å². The Hall–Kier alpha value is -2.71. The summed E-state index contributed by atoms with van der Waals surface area (Å²) in [5, 5.41) is 8.51. The fourth-order valence-corrected chi connectivity index (χ4v) is 3.54. The highest BCUT2D eigenvalue weighted by Crippen LogP contribution is 2.30. The van der Waals surface area contributed by atoms with E-state index in [0.717, 1.165) is 46.9 Å². The minimum Gasteiger partial charge on any atom is -0.491 e. The highest BCUT2D eigenvalue weighted by molar-refractivity contribution is 5.93. The van der Waals surface area contributed by atoms with Crippen LogP contribution >= 0.6 is 0 Å². The Morgan fingerprint density at radius 1 is 1.14 bits per heavy atom. The molecule has 1 aliphatic rings. The molecule has 28 heavy (non-hydrogen) atoms. The van der Waals surface area contributed by atoms with Gasteiger partial charge in [0.1, 0.15) is 30.2 Å². The minimum atomic E-state index is 0.167. The number of fused-ring (bicyclic) bond motifs is 1. The van der Waals surface area contributed by atoms with Gasteiger partial charge in [0.2, 0.25) is 0 Å². The van der Waals surface area contributed by atoms with Gasteiger partial charge in [-0.05, 0) is 32.0 Å². The van der Waals surface area contributed by atoms with Crippen LogP contribution in [0.1, 0.15) is 13.8 Å². The number of methoxy groups -OCH3 is 1. The molecule has 1 aliphatic heterocycles. The Bertz CT molecular complexity index is 934. The van der Waals surface area contributed by atoms with Crippen LogP contribution in [-0.2, 0) is 9.47 Å². The molecule has 4 rings (SSSR count). The zero-order valence-electron chi connectivity index (χ0n) is 16.4. The second-order valence-electron chi connectivity index (χ2n) is 7.04. The molecule has 2 aromatic heterocycles. The van der Waals surface area contributed by atoms with Crippen molar-refractivity contribution in [3.8, 4) is 17.1 Å². The molecule has 1 N–H and O–H groups in total.